The summed E-state index contributed by atoms with van der Waals surface area (Å²) in [7, 11) is 0. The summed E-state index contributed by atoms with van der Waals surface area (Å²) < 4.78 is 0. The maximum absolute atomic E-state index is 13.1. The Balaban J connectivity index is 1.55. The highest BCUT2D eigenvalue weighted by atomic mass is 35.5. The first kappa shape index (κ1) is 18.2. The summed E-state index contributed by atoms with van der Waals surface area (Å²) in [6.45, 7) is 0.612. The first-order valence-electron chi connectivity index (χ1n) is 8.59. The van der Waals surface area contributed by atoms with Gasteiger partial charge in [0.2, 0.25) is 0 Å². The lowest BCUT2D eigenvalue weighted by Crippen LogP contribution is -2.32. The average Bonchev–Trinajstić information content (AvgIpc) is 3.13. The third kappa shape index (κ3) is 4.24. The van der Waals surface area contributed by atoms with E-state index in [4.69, 9.17) is 11.6 Å². The Morgan fingerprint density at radius 2 is 1.89 bits per heavy atom. The van der Waals surface area contributed by atoms with Gasteiger partial charge in [0.05, 0.1) is 22.1 Å². The third-order valence-corrected chi connectivity index (χ3v) is 6.42. The van der Waals surface area contributed by atoms with E-state index < -0.39 is 0 Å². The third-order valence-electron chi connectivity index (χ3n) is 4.36. The second-order valence-corrected chi connectivity index (χ2v) is 8.76. The highest BCUT2D eigenvalue weighted by molar-refractivity contribution is 7.12. The number of nitrogens with zero attached hydrogens (tertiary/aromatic N) is 1. The van der Waals surface area contributed by atoms with Crippen LogP contribution in [0.15, 0.2) is 53.2 Å². The van der Waals surface area contributed by atoms with Crippen LogP contribution in [0.1, 0.15) is 37.7 Å². The van der Waals surface area contributed by atoms with Crippen molar-refractivity contribution in [3.05, 3.63) is 73.6 Å². The van der Waals surface area contributed by atoms with Crippen LogP contribution in [-0.4, -0.2) is 22.8 Å². The molecule has 0 unspecified atom stereocenters. The molecule has 2 heterocycles. The number of hydrogen-bond acceptors (Lipinski definition) is 4. The molecule has 1 fully saturated rings. The summed E-state index contributed by atoms with van der Waals surface area (Å²) in [4.78, 5) is 29.1. The molecule has 4 nitrogen and oxygen atoms in total. The van der Waals surface area contributed by atoms with Crippen LogP contribution in [0.2, 0.25) is 5.02 Å². The second kappa shape index (κ2) is 7.84. The Labute approximate surface area is 170 Å². The van der Waals surface area contributed by atoms with Gasteiger partial charge < -0.3 is 10.2 Å². The van der Waals surface area contributed by atoms with Crippen LogP contribution in [0.5, 0.6) is 0 Å². The molecular weight excluding hydrogens is 400 g/mol. The van der Waals surface area contributed by atoms with Gasteiger partial charge in [0.1, 0.15) is 0 Å². The smallest absolute Gasteiger partial charge is 0.265 e. The molecular formula is C20H17ClN2O2S2. The molecule has 1 aliphatic rings. The lowest BCUT2D eigenvalue weighted by molar-refractivity contribution is 0.0731. The van der Waals surface area contributed by atoms with E-state index in [0.717, 1.165) is 17.7 Å². The molecule has 4 rings (SSSR count). The maximum Gasteiger partial charge on any atom is 0.265 e. The van der Waals surface area contributed by atoms with Gasteiger partial charge in [0.15, 0.2) is 0 Å². The van der Waals surface area contributed by atoms with Crippen molar-refractivity contribution in [2.75, 3.05) is 5.32 Å². The average molecular weight is 417 g/mol. The van der Waals surface area contributed by atoms with Crippen molar-refractivity contribution >= 4 is 51.8 Å². The van der Waals surface area contributed by atoms with Crippen molar-refractivity contribution in [1.82, 2.24) is 4.90 Å². The number of nitrogens with one attached hydrogen (secondary N) is 1. The minimum atomic E-state index is -0.228. The van der Waals surface area contributed by atoms with Crippen LogP contribution in [0.3, 0.4) is 0 Å². The number of amides is 2. The second-order valence-electron chi connectivity index (χ2n) is 6.37. The van der Waals surface area contributed by atoms with Crippen LogP contribution >= 0.6 is 34.3 Å². The molecule has 7 heteroatoms. The minimum absolute atomic E-state index is 0.0332. The Hall–Kier alpha value is -2.15. The van der Waals surface area contributed by atoms with E-state index >= 15 is 0 Å². The summed E-state index contributed by atoms with van der Waals surface area (Å²) >= 11 is 9.25. The lowest BCUT2D eigenvalue weighted by atomic mass is 10.1. The Morgan fingerprint density at radius 1 is 1.11 bits per heavy atom. The van der Waals surface area contributed by atoms with Crippen LogP contribution in [0.25, 0.3) is 0 Å². The fourth-order valence-corrected chi connectivity index (χ4v) is 4.32. The van der Waals surface area contributed by atoms with Gasteiger partial charge in [-0.25, -0.2) is 0 Å². The molecule has 1 N–H and O–H groups in total. The van der Waals surface area contributed by atoms with Crippen LogP contribution in [-0.2, 0) is 6.54 Å². The zero-order chi connectivity index (χ0) is 18.8. The van der Waals surface area contributed by atoms with E-state index in [1.54, 1.807) is 35.6 Å². The number of benzene rings is 1. The van der Waals surface area contributed by atoms with Gasteiger partial charge in [-0.2, -0.15) is 0 Å². The zero-order valence-electron chi connectivity index (χ0n) is 14.4. The predicted octanol–water partition coefficient (Wildman–Crippen LogP) is 5.52. The molecule has 1 aliphatic carbocycles. The number of rotatable bonds is 6. The van der Waals surface area contributed by atoms with Crippen LogP contribution in [0.4, 0.5) is 5.69 Å². The fraction of sp³-hybridized carbons (Fsp3) is 0.200. The van der Waals surface area contributed by atoms with Gasteiger partial charge in [-0.3, -0.25) is 9.59 Å². The molecule has 2 aromatic heterocycles. The van der Waals surface area contributed by atoms with Gasteiger partial charge in [-0.1, -0.05) is 23.7 Å². The standard InChI is InChI=1S/C20H17ClN2O2S2/c21-16-8-5-13(11-17(16)22-19(24)18-4-2-10-27-18)20(25)23(14-6-7-14)12-15-3-1-9-26-15/h1-5,8-11,14H,6-7,12H2,(H,22,24). The number of hydrogen-bond donors (Lipinski definition) is 1. The summed E-state index contributed by atoms with van der Waals surface area (Å²) in [6.07, 6.45) is 2.07. The predicted molar refractivity (Wildman–Crippen MR) is 111 cm³/mol. The first-order valence-corrected chi connectivity index (χ1v) is 10.7. The van der Waals surface area contributed by atoms with Crippen molar-refractivity contribution in [3.8, 4) is 0 Å². The van der Waals surface area contributed by atoms with Gasteiger partial charge in [-0.15, -0.1) is 22.7 Å². The molecule has 1 aromatic carbocycles. The number of carbonyl (C=O) groups excluding carboxylic acids is 2. The Kier molecular flexibility index (Phi) is 5.29. The molecule has 0 saturated heterocycles. The summed E-state index contributed by atoms with van der Waals surface area (Å²) in [6, 6.07) is 12.9. The number of anilines is 1. The van der Waals surface area contributed by atoms with E-state index in [-0.39, 0.29) is 11.8 Å². The Bertz CT molecular complexity index is 951. The van der Waals surface area contributed by atoms with Gasteiger partial charge in [0, 0.05) is 16.5 Å². The highest BCUT2D eigenvalue weighted by Gasteiger charge is 2.33. The van der Waals surface area contributed by atoms with Crippen LogP contribution < -0.4 is 5.32 Å². The van der Waals surface area contributed by atoms with Crippen molar-refractivity contribution in [2.24, 2.45) is 0 Å². The van der Waals surface area contributed by atoms with E-state index in [2.05, 4.69) is 5.32 Å². The zero-order valence-corrected chi connectivity index (χ0v) is 16.7. The molecule has 0 bridgehead atoms. The minimum Gasteiger partial charge on any atom is -0.331 e. The maximum atomic E-state index is 13.1. The molecule has 0 aliphatic heterocycles. The van der Waals surface area contributed by atoms with Crippen molar-refractivity contribution < 1.29 is 9.59 Å². The molecule has 0 atom stereocenters. The van der Waals surface area contributed by atoms with Gasteiger partial charge >= 0.3 is 0 Å². The SMILES string of the molecule is O=C(Nc1cc(C(=O)N(Cc2cccs2)C2CC2)ccc1Cl)c1cccs1. The van der Waals surface area contributed by atoms with Crippen LogP contribution in [0, 0.1) is 0 Å². The van der Waals surface area contributed by atoms with Gasteiger partial charge in [0.25, 0.3) is 11.8 Å². The van der Waals surface area contributed by atoms with E-state index in [0.29, 0.717) is 33.7 Å². The molecule has 0 radical (unpaired) electrons. The molecule has 27 heavy (non-hydrogen) atoms. The molecule has 3 aromatic rings. The summed E-state index contributed by atoms with van der Waals surface area (Å²) in [5.41, 5.74) is 0.983. The van der Waals surface area contributed by atoms with E-state index in [1.807, 2.05) is 33.9 Å². The number of carbonyl (C=O) groups is 2. The lowest BCUT2D eigenvalue weighted by Gasteiger charge is -2.22. The Morgan fingerprint density at radius 3 is 2.56 bits per heavy atom. The quantitative estimate of drug-likeness (QED) is 0.575. The first-order chi connectivity index (χ1) is 13.1. The fourth-order valence-electron chi connectivity index (χ4n) is 2.83. The summed E-state index contributed by atoms with van der Waals surface area (Å²) in [5, 5.41) is 7.08. The molecule has 138 valence electrons. The normalized spacial score (nSPS) is 13.4. The molecule has 0 spiro atoms. The van der Waals surface area contributed by atoms with Crippen molar-refractivity contribution in [3.63, 3.8) is 0 Å². The molecule has 2 amide bonds. The highest BCUT2D eigenvalue weighted by Crippen LogP contribution is 2.32. The van der Waals surface area contributed by atoms with E-state index in [9.17, 15) is 9.59 Å². The number of halogens is 1. The van der Waals surface area contributed by atoms with Gasteiger partial charge in [-0.05, 0) is 53.9 Å². The van der Waals surface area contributed by atoms with E-state index in [1.165, 1.54) is 11.3 Å². The largest absolute Gasteiger partial charge is 0.331 e. The van der Waals surface area contributed by atoms with Crippen molar-refractivity contribution in [2.45, 2.75) is 25.4 Å². The topological polar surface area (TPSA) is 49.4 Å². The molecule has 1 saturated carbocycles. The summed E-state index contributed by atoms with van der Waals surface area (Å²) in [5.74, 6) is -0.261. The van der Waals surface area contributed by atoms with Crippen molar-refractivity contribution in [1.29, 1.82) is 0 Å². The number of thiophene rings is 2. The monoisotopic (exact) mass is 416 g/mol.